The lowest BCUT2D eigenvalue weighted by molar-refractivity contribution is -0.119. The van der Waals surface area contributed by atoms with Crippen LogP contribution in [0.4, 0.5) is 5.69 Å². The lowest BCUT2D eigenvalue weighted by Gasteiger charge is -2.09. The highest BCUT2D eigenvalue weighted by molar-refractivity contribution is 6.33. The van der Waals surface area contributed by atoms with Gasteiger partial charge in [0.1, 0.15) is 5.75 Å². The molecular formula is C16H17ClN2O2. The highest BCUT2D eigenvalue weighted by Gasteiger charge is 2.03. The third kappa shape index (κ3) is 5.00. The normalized spacial score (nSPS) is 10.1. The summed E-state index contributed by atoms with van der Waals surface area (Å²) in [5, 5.41) is 15.6. The summed E-state index contributed by atoms with van der Waals surface area (Å²) in [6, 6.07) is 14.2. The van der Waals surface area contributed by atoms with Gasteiger partial charge in [-0.15, -0.1) is 0 Å². The van der Waals surface area contributed by atoms with Crippen LogP contribution in [0.2, 0.25) is 5.02 Å². The molecule has 1 amide bonds. The molecule has 0 heterocycles. The van der Waals surface area contributed by atoms with Crippen molar-refractivity contribution < 1.29 is 9.90 Å². The van der Waals surface area contributed by atoms with Crippen molar-refractivity contribution in [2.45, 2.75) is 6.42 Å². The molecule has 0 aliphatic heterocycles. The molecule has 3 N–H and O–H groups in total. The third-order valence-electron chi connectivity index (χ3n) is 2.99. The third-order valence-corrected chi connectivity index (χ3v) is 3.32. The van der Waals surface area contributed by atoms with Crippen molar-refractivity contribution in [3.05, 3.63) is 59.1 Å². The minimum atomic E-state index is -0.0892. The maximum atomic E-state index is 11.7. The first-order chi connectivity index (χ1) is 10.1. The van der Waals surface area contributed by atoms with Crippen LogP contribution in [0.3, 0.4) is 0 Å². The van der Waals surface area contributed by atoms with Crippen LogP contribution in [0.15, 0.2) is 48.5 Å². The van der Waals surface area contributed by atoms with Crippen molar-refractivity contribution in [1.29, 1.82) is 0 Å². The molecule has 2 aromatic carbocycles. The highest BCUT2D eigenvalue weighted by atomic mass is 35.5. The van der Waals surface area contributed by atoms with Crippen molar-refractivity contribution in [3.8, 4) is 5.75 Å². The van der Waals surface area contributed by atoms with E-state index in [0.29, 0.717) is 11.6 Å². The van der Waals surface area contributed by atoms with Crippen LogP contribution in [0.25, 0.3) is 0 Å². The molecule has 0 fully saturated rings. The molecular weight excluding hydrogens is 288 g/mol. The van der Waals surface area contributed by atoms with Gasteiger partial charge in [0.2, 0.25) is 5.91 Å². The number of anilines is 1. The number of phenolic OH excluding ortho intramolecular Hbond substituents is 1. The van der Waals surface area contributed by atoms with E-state index in [-0.39, 0.29) is 18.2 Å². The summed E-state index contributed by atoms with van der Waals surface area (Å²) in [5.41, 5.74) is 1.81. The Morgan fingerprint density at radius 3 is 2.52 bits per heavy atom. The van der Waals surface area contributed by atoms with E-state index in [1.807, 2.05) is 30.3 Å². The maximum Gasteiger partial charge on any atom is 0.239 e. The summed E-state index contributed by atoms with van der Waals surface area (Å²) < 4.78 is 0. The molecule has 0 aliphatic carbocycles. The minimum Gasteiger partial charge on any atom is -0.508 e. The van der Waals surface area contributed by atoms with Gasteiger partial charge in [-0.2, -0.15) is 0 Å². The van der Waals surface area contributed by atoms with Crippen LogP contribution in [0.1, 0.15) is 5.56 Å². The highest BCUT2D eigenvalue weighted by Crippen LogP contribution is 2.19. The average molecular weight is 305 g/mol. The fraction of sp³-hybridized carbons (Fsp3) is 0.188. The second-order valence-electron chi connectivity index (χ2n) is 4.60. The summed E-state index contributed by atoms with van der Waals surface area (Å²) in [4.78, 5) is 11.7. The lowest BCUT2D eigenvalue weighted by atomic mass is 10.1. The standard InChI is InChI=1S/C16H17ClN2O2/c17-14-3-1-2-4-15(14)19-11-16(21)18-10-9-12-5-7-13(20)8-6-12/h1-8,19-20H,9-11H2,(H,18,21). The van der Waals surface area contributed by atoms with Crippen molar-refractivity contribution in [2.75, 3.05) is 18.4 Å². The van der Waals surface area contributed by atoms with Gasteiger partial charge in [0.15, 0.2) is 0 Å². The molecule has 4 nitrogen and oxygen atoms in total. The van der Waals surface area contributed by atoms with Gasteiger partial charge < -0.3 is 15.7 Å². The van der Waals surface area contributed by atoms with E-state index >= 15 is 0 Å². The first-order valence-corrected chi connectivity index (χ1v) is 7.06. The number of phenols is 1. The van der Waals surface area contributed by atoms with Gasteiger partial charge in [-0.25, -0.2) is 0 Å². The quantitative estimate of drug-likeness (QED) is 0.769. The molecule has 0 aliphatic rings. The van der Waals surface area contributed by atoms with Crippen LogP contribution in [-0.4, -0.2) is 24.1 Å². The number of amides is 1. The zero-order chi connectivity index (χ0) is 15.1. The molecule has 0 saturated carbocycles. The Morgan fingerprint density at radius 2 is 1.81 bits per heavy atom. The van der Waals surface area contributed by atoms with E-state index < -0.39 is 0 Å². The summed E-state index contributed by atoms with van der Waals surface area (Å²) >= 11 is 5.99. The first-order valence-electron chi connectivity index (χ1n) is 6.68. The Kier molecular flexibility index (Phi) is 5.46. The Balaban J connectivity index is 1.70. The largest absolute Gasteiger partial charge is 0.508 e. The second kappa shape index (κ2) is 7.55. The SMILES string of the molecule is O=C(CNc1ccccc1Cl)NCCc1ccc(O)cc1. The van der Waals surface area contributed by atoms with E-state index in [9.17, 15) is 9.90 Å². The summed E-state index contributed by atoms with van der Waals surface area (Å²) in [5.74, 6) is 0.153. The van der Waals surface area contributed by atoms with Crippen LogP contribution in [-0.2, 0) is 11.2 Å². The number of nitrogens with one attached hydrogen (secondary N) is 2. The minimum absolute atomic E-state index is 0.0892. The summed E-state index contributed by atoms with van der Waals surface area (Å²) in [6.07, 6.45) is 0.720. The second-order valence-corrected chi connectivity index (χ2v) is 5.01. The molecule has 2 aromatic rings. The van der Waals surface area contributed by atoms with E-state index in [4.69, 9.17) is 11.6 Å². The van der Waals surface area contributed by atoms with Crippen molar-refractivity contribution >= 4 is 23.2 Å². The Hall–Kier alpha value is -2.20. The summed E-state index contributed by atoms with van der Waals surface area (Å²) in [6.45, 7) is 0.729. The monoisotopic (exact) mass is 304 g/mol. The number of hydrogen-bond donors (Lipinski definition) is 3. The number of benzene rings is 2. The van der Waals surface area contributed by atoms with E-state index in [1.54, 1.807) is 18.2 Å². The van der Waals surface area contributed by atoms with E-state index in [2.05, 4.69) is 10.6 Å². The number of halogens is 1. The van der Waals surface area contributed by atoms with Gasteiger partial charge in [-0.1, -0.05) is 35.9 Å². The van der Waals surface area contributed by atoms with Crippen molar-refractivity contribution in [1.82, 2.24) is 5.32 Å². The van der Waals surface area contributed by atoms with Crippen molar-refractivity contribution in [3.63, 3.8) is 0 Å². The van der Waals surface area contributed by atoms with Gasteiger partial charge in [0, 0.05) is 6.54 Å². The van der Waals surface area contributed by atoms with Gasteiger partial charge >= 0.3 is 0 Å². The van der Waals surface area contributed by atoms with Crippen LogP contribution >= 0.6 is 11.6 Å². The number of aromatic hydroxyl groups is 1. The smallest absolute Gasteiger partial charge is 0.239 e. The molecule has 0 saturated heterocycles. The molecule has 110 valence electrons. The predicted octanol–water partition coefficient (Wildman–Crippen LogP) is 2.82. The fourth-order valence-corrected chi connectivity index (χ4v) is 2.05. The number of hydrogen-bond acceptors (Lipinski definition) is 3. The van der Waals surface area contributed by atoms with E-state index in [0.717, 1.165) is 17.7 Å². The molecule has 0 aromatic heterocycles. The molecule has 21 heavy (non-hydrogen) atoms. The average Bonchev–Trinajstić information content (AvgIpc) is 2.48. The summed E-state index contributed by atoms with van der Waals surface area (Å²) in [7, 11) is 0. The molecule has 0 unspecified atom stereocenters. The number of rotatable bonds is 6. The fourth-order valence-electron chi connectivity index (χ4n) is 1.85. The molecule has 0 atom stereocenters. The van der Waals surface area contributed by atoms with Crippen LogP contribution < -0.4 is 10.6 Å². The predicted molar refractivity (Wildman–Crippen MR) is 84.8 cm³/mol. The number of carbonyl (C=O) groups excluding carboxylic acids is 1. The molecule has 0 radical (unpaired) electrons. The maximum absolute atomic E-state index is 11.7. The molecule has 0 bridgehead atoms. The first kappa shape index (κ1) is 15.2. The Labute approximate surface area is 128 Å². The molecule has 5 heteroatoms. The van der Waals surface area contributed by atoms with E-state index in [1.165, 1.54) is 0 Å². The Bertz CT molecular complexity index is 599. The van der Waals surface area contributed by atoms with Gasteiger partial charge in [-0.3, -0.25) is 4.79 Å². The molecule has 2 rings (SSSR count). The van der Waals surface area contributed by atoms with Crippen molar-refractivity contribution in [2.24, 2.45) is 0 Å². The van der Waals surface area contributed by atoms with Gasteiger partial charge in [-0.05, 0) is 36.2 Å². The zero-order valence-corrected chi connectivity index (χ0v) is 12.2. The zero-order valence-electron chi connectivity index (χ0n) is 11.5. The van der Waals surface area contributed by atoms with Gasteiger partial charge in [0.05, 0.1) is 17.3 Å². The van der Waals surface area contributed by atoms with Gasteiger partial charge in [0.25, 0.3) is 0 Å². The lowest BCUT2D eigenvalue weighted by Crippen LogP contribution is -2.31. The topological polar surface area (TPSA) is 61.4 Å². The number of para-hydroxylation sites is 1. The number of carbonyl (C=O) groups is 1. The Morgan fingerprint density at radius 1 is 1.10 bits per heavy atom. The van der Waals surface area contributed by atoms with Crippen LogP contribution in [0, 0.1) is 0 Å². The van der Waals surface area contributed by atoms with Crippen LogP contribution in [0.5, 0.6) is 5.75 Å². The molecule has 0 spiro atoms.